The van der Waals surface area contributed by atoms with Crippen LogP contribution in [0.1, 0.15) is 21.6 Å². The second kappa shape index (κ2) is 9.06. The number of rotatable bonds is 6. The topological polar surface area (TPSA) is 38.1 Å². The summed E-state index contributed by atoms with van der Waals surface area (Å²) in [5.41, 5.74) is 5.19. The summed E-state index contributed by atoms with van der Waals surface area (Å²) in [6, 6.07) is 19.0. The Hall–Kier alpha value is -2.67. The molecule has 0 unspecified atom stereocenters. The molecule has 0 saturated heterocycles. The van der Waals surface area contributed by atoms with Gasteiger partial charge in [-0.1, -0.05) is 65.9 Å². The molecule has 2 aromatic carbocycles. The summed E-state index contributed by atoms with van der Waals surface area (Å²) in [6.45, 7) is 8.52. The van der Waals surface area contributed by atoms with Crippen LogP contribution in [-0.2, 0) is 19.5 Å². The molecule has 0 bridgehead atoms. The van der Waals surface area contributed by atoms with Gasteiger partial charge in [0.2, 0.25) is 5.43 Å². The molecule has 1 aliphatic heterocycles. The van der Waals surface area contributed by atoms with Crippen LogP contribution >= 0.6 is 23.1 Å². The minimum Gasteiger partial charge on any atom is -0.294 e. The van der Waals surface area contributed by atoms with Gasteiger partial charge in [0.05, 0.1) is 0 Å². The molecule has 0 aliphatic carbocycles. The first-order chi connectivity index (χ1) is 15.6. The summed E-state index contributed by atoms with van der Waals surface area (Å²) in [4.78, 5) is 22.8. The number of aromatic nitrogens is 2. The highest BCUT2D eigenvalue weighted by Crippen LogP contribution is 2.33. The number of hydrogen-bond acceptors (Lipinski definition) is 5. The zero-order valence-electron chi connectivity index (χ0n) is 18.1. The van der Waals surface area contributed by atoms with E-state index < -0.39 is 0 Å². The van der Waals surface area contributed by atoms with E-state index in [-0.39, 0.29) is 5.43 Å². The van der Waals surface area contributed by atoms with Gasteiger partial charge in [-0.3, -0.25) is 14.3 Å². The Labute approximate surface area is 196 Å². The highest BCUT2D eigenvalue weighted by atomic mass is 32.2. The van der Waals surface area contributed by atoms with E-state index in [0.29, 0.717) is 5.52 Å². The Bertz CT molecular complexity index is 1320. The van der Waals surface area contributed by atoms with Crippen molar-refractivity contribution in [3.8, 4) is 5.69 Å². The van der Waals surface area contributed by atoms with Crippen molar-refractivity contribution >= 4 is 33.4 Å². The Morgan fingerprint density at radius 1 is 1.16 bits per heavy atom. The third-order valence-electron chi connectivity index (χ3n) is 5.77. The maximum atomic E-state index is 13.4. The van der Waals surface area contributed by atoms with Gasteiger partial charge in [0.25, 0.3) is 0 Å². The summed E-state index contributed by atoms with van der Waals surface area (Å²) in [7, 11) is 0. The molecule has 32 heavy (non-hydrogen) atoms. The molecule has 0 fully saturated rings. The number of imidazole rings is 1. The Balaban J connectivity index is 1.59. The van der Waals surface area contributed by atoms with Gasteiger partial charge in [-0.05, 0) is 31.0 Å². The van der Waals surface area contributed by atoms with Crippen molar-refractivity contribution in [2.75, 3.05) is 12.3 Å². The predicted molar refractivity (Wildman–Crippen MR) is 135 cm³/mol. The van der Waals surface area contributed by atoms with Gasteiger partial charge in [-0.2, -0.15) is 0 Å². The number of fused-ring (bicyclic) bond motifs is 2. The van der Waals surface area contributed by atoms with Crippen molar-refractivity contribution in [3.63, 3.8) is 0 Å². The van der Waals surface area contributed by atoms with Crippen LogP contribution in [0.2, 0.25) is 0 Å². The number of benzene rings is 2. The van der Waals surface area contributed by atoms with Crippen molar-refractivity contribution in [1.29, 1.82) is 0 Å². The maximum absolute atomic E-state index is 13.4. The number of aryl methyl sites for hydroxylation is 1. The standard InChI is InChI=1S/C26H25N3OS2/c1-3-15-31-26-27-23-24(30)21-13-14-28(16-19-7-5-4-6-8-19)17-22(21)32-25(23)29(26)20-11-9-18(2)10-12-20/h3-12H,1,13-17H2,2H3. The zero-order valence-corrected chi connectivity index (χ0v) is 19.7. The fourth-order valence-electron chi connectivity index (χ4n) is 4.14. The van der Waals surface area contributed by atoms with Gasteiger partial charge in [-0.25, -0.2) is 4.98 Å². The molecule has 0 amide bonds. The number of hydrogen-bond donors (Lipinski definition) is 0. The molecule has 3 heterocycles. The fraction of sp³-hybridized carbons (Fsp3) is 0.231. The molecule has 0 radical (unpaired) electrons. The average Bonchev–Trinajstić information content (AvgIpc) is 3.17. The Kier molecular flexibility index (Phi) is 6.00. The van der Waals surface area contributed by atoms with Gasteiger partial charge < -0.3 is 0 Å². The van der Waals surface area contributed by atoms with Gasteiger partial charge in [0.1, 0.15) is 10.3 Å². The molecule has 5 rings (SSSR count). The molecular formula is C26H25N3OS2. The molecule has 0 N–H and O–H groups in total. The number of thioether (sulfide) groups is 1. The monoisotopic (exact) mass is 459 g/mol. The first kappa shape index (κ1) is 21.2. The second-order valence-corrected chi connectivity index (χ2v) is 10.2. The molecule has 2 aromatic heterocycles. The summed E-state index contributed by atoms with van der Waals surface area (Å²) >= 11 is 3.33. The van der Waals surface area contributed by atoms with Crippen LogP contribution in [0.5, 0.6) is 0 Å². The Morgan fingerprint density at radius 2 is 1.94 bits per heavy atom. The lowest BCUT2D eigenvalue weighted by Gasteiger charge is -2.27. The van der Waals surface area contributed by atoms with Gasteiger partial charge in [0.15, 0.2) is 5.16 Å². The van der Waals surface area contributed by atoms with Crippen molar-refractivity contribution in [3.05, 3.63) is 99.0 Å². The van der Waals surface area contributed by atoms with E-state index in [4.69, 9.17) is 4.98 Å². The lowest BCUT2D eigenvalue weighted by atomic mass is 10.1. The van der Waals surface area contributed by atoms with Crippen molar-refractivity contribution < 1.29 is 0 Å². The van der Waals surface area contributed by atoms with Gasteiger partial charge in [0, 0.05) is 41.5 Å². The predicted octanol–water partition coefficient (Wildman–Crippen LogP) is 5.59. The van der Waals surface area contributed by atoms with E-state index in [9.17, 15) is 4.79 Å². The lowest BCUT2D eigenvalue weighted by Crippen LogP contribution is -2.32. The van der Waals surface area contributed by atoms with Crippen molar-refractivity contribution in [2.45, 2.75) is 31.6 Å². The van der Waals surface area contributed by atoms with E-state index in [1.165, 1.54) is 16.0 Å². The maximum Gasteiger partial charge on any atom is 0.211 e. The molecule has 162 valence electrons. The van der Waals surface area contributed by atoms with Crippen LogP contribution in [-0.4, -0.2) is 26.7 Å². The molecular weight excluding hydrogens is 434 g/mol. The zero-order chi connectivity index (χ0) is 22.1. The SMILES string of the molecule is C=CCSc1nc2c(=O)c3c(sc2n1-c1ccc(C)cc1)CN(Cc1ccccc1)CC3. The number of nitrogens with zero attached hydrogens (tertiary/aromatic N) is 3. The minimum absolute atomic E-state index is 0.0967. The second-order valence-electron chi connectivity index (χ2n) is 8.10. The van der Waals surface area contributed by atoms with E-state index >= 15 is 0 Å². The average molecular weight is 460 g/mol. The molecule has 4 aromatic rings. The first-order valence-corrected chi connectivity index (χ1v) is 12.6. The summed E-state index contributed by atoms with van der Waals surface area (Å²) in [5.74, 6) is 0.749. The van der Waals surface area contributed by atoms with Gasteiger partial charge >= 0.3 is 0 Å². The van der Waals surface area contributed by atoms with Crippen molar-refractivity contribution in [1.82, 2.24) is 14.5 Å². The van der Waals surface area contributed by atoms with Gasteiger partial charge in [-0.15, -0.1) is 17.9 Å². The third-order valence-corrected chi connectivity index (χ3v) is 7.89. The van der Waals surface area contributed by atoms with E-state index in [1.807, 2.05) is 12.1 Å². The largest absolute Gasteiger partial charge is 0.294 e. The van der Waals surface area contributed by atoms with E-state index in [2.05, 4.69) is 71.5 Å². The molecule has 6 heteroatoms. The van der Waals surface area contributed by atoms with Crippen LogP contribution in [0.25, 0.3) is 16.0 Å². The van der Waals surface area contributed by atoms with Crippen LogP contribution in [0.3, 0.4) is 0 Å². The first-order valence-electron chi connectivity index (χ1n) is 10.8. The van der Waals surface area contributed by atoms with E-state index in [0.717, 1.165) is 53.0 Å². The van der Waals surface area contributed by atoms with Crippen LogP contribution < -0.4 is 5.43 Å². The summed E-state index contributed by atoms with van der Waals surface area (Å²) < 4.78 is 2.14. The van der Waals surface area contributed by atoms with Crippen molar-refractivity contribution in [2.24, 2.45) is 0 Å². The van der Waals surface area contributed by atoms with E-state index in [1.54, 1.807) is 23.1 Å². The van der Waals surface area contributed by atoms with Crippen LogP contribution in [0.4, 0.5) is 0 Å². The smallest absolute Gasteiger partial charge is 0.211 e. The quantitative estimate of drug-likeness (QED) is 0.278. The highest BCUT2D eigenvalue weighted by Gasteiger charge is 2.25. The molecule has 4 nitrogen and oxygen atoms in total. The highest BCUT2D eigenvalue weighted by molar-refractivity contribution is 7.99. The Morgan fingerprint density at radius 3 is 2.69 bits per heavy atom. The minimum atomic E-state index is 0.0967. The summed E-state index contributed by atoms with van der Waals surface area (Å²) in [6.07, 6.45) is 2.65. The van der Waals surface area contributed by atoms with Crippen LogP contribution in [0.15, 0.2) is 77.2 Å². The normalized spacial score (nSPS) is 13.9. The third kappa shape index (κ3) is 4.06. The summed E-state index contributed by atoms with van der Waals surface area (Å²) in [5, 5.41) is 0.848. The van der Waals surface area contributed by atoms with Crippen LogP contribution in [0, 0.1) is 6.92 Å². The molecule has 1 aliphatic rings. The fourth-order valence-corrected chi connectivity index (χ4v) is 6.26. The molecule has 0 saturated carbocycles. The lowest BCUT2D eigenvalue weighted by molar-refractivity contribution is 0.248. The molecule has 0 spiro atoms. The molecule has 0 atom stereocenters.